The fourth-order valence-corrected chi connectivity index (χ4v) is 1.25. The quantitative estimate of drug-likeness (QED) is 0.611. The van der Waals surface area contributed by atoms with Crippen molar-refractivity contribution in [1.82, 2.24) is 9.55 Å². The van der Waals surface area contributed by atoms with Crippen molar-refractivity contribution in [3.63, 3.8) is 0 Å². The second-order valence-corrected chi connectivity index (χ2v) is 2.60. The SMILES string of the molecule is NCc1cn2c(n1)COCC2. The van der Waals surface area contributed by atoms with E-state index in [1.807, 2.05) is 6.20 Å². The van der Waals surface area contributed by atoms with Gasteiger partial charge in [0.25, 0.3) is 0 Å². The lowest BCUT2D eigenvalue weighted by Gasteiger charge is -2.13. The Morgan fingerprint density at radius 1 is 1.73 bits per heavy atom. The Labute approximate surface area is 65.0 Å². The van der Waals surface area contributed by atoms with Crippen molar-refractivity contribution in [2.75, 3.05) is 6.61 Å². The van der Waals surface area contributed by atoms with Crippen LogP contribution in [0.1, 0.15) is 11.5 Å². The molecule has 0 atom stereocenters. The molecule has 2 N–H and O–H groups in total. The molecule has 0 radical (unpaired) electrons. The molecule has 0 amide bonds. The highest BCUT2D eigenvalue weighted by Crippen LogP contribution is 2.08. The van der Waals surface area contributed by atoms with E-state index in [1.54, 1.807) is 0 Å². The second-order valence-electron chi connectivity index (χ2n) is 2.60. The molecule has 0 bridgehead atoms. The number of imidazole rings is 1. The van der Waals surface area contributed by atoms with Gasteiger partial charge in [-0.15, -0.1) is 0 Å². The minimum atomic E-state index is 0.514. The highest BCUT2D eigenvalue weighted by molar-refractivity contribution is 5.04. The van der Waals surface area contributed by atoms with Gasteiger partial charge in [-0.2, -0.15) is 0 Å². The third-order valence-corrected chi connectivity index (χ3v) is 1.83. The normalized spacial score (nSPS) is 16.5. The van der Waals surface area contributed by atoms with Crippen LogP contribution in [0.2, 0.25) is 0 Å². The van der Waals surface area contributed by atoms with Gasteiger partial charge in [0.2, 0.25) is 0 Å². The maximum absolute atomic E-state index is 5.45. The maximum atomic E-state index is 5.45. The predicted molar refractivity (Wildman–Crippen MR) is 39.8 cm³/mol. The molecule has 0 saturated heterocycles. The Morgan fingerprint density at radius 2 is 2.64 bits per heavy atom. The van der Waals surface area contributed by atoms with Gasteiger partial charge in [0, 0.05) is 19.3 Å². The van der Waals surface area contributed by atoms with Gasteiger partial charge in [0.05, 0.1) is 12.3 Å². The molecule has 1 aromatic rings. The summed E-state index contributed by atoms with van der Waals surface area (Å²) >= 11 is 0. The topological polar surface area (TPSA) is 53.1 Å². The van der Waals surface area contributed by atoms with Gasteiger partial charge in [-0.1, -0.05) is 0 Å². The molecule has 11 heavy (non-hydrogen) atoms. The fraction of sp³-hybridized carbons (Fsp3) is 0.571. The molecule has 2 rings (SSSR count). The summed E-state index contributed by atoms with van der Waals surface area (Å²) in [5, 5.41) is 0. The van der Waals surface area contributed by atoms with Gasteiger partial charge < -0.3 is 15.0 Å². The smallest absolute Gasteiger partial charge is 0.135 e. The molecule has 0 aromatic carbocycles. The zero-order valence-electron chi connectivity index (χ0n) is 6.29. The van der Waals surface area contributed by atoms with E-state index in [4.69, 9.17) is 10.5 Å². The lowest BCUT2D eigenvalue weighted by Crippen LogP contribution is -2.15. The molecule has 4 heteroatoms. The third kappa shape index (κ3) is 1.15. The van der Waals surface area contributed by atoms with E-state index in [2.05, 4.69) is 9.55 Å². The predicted octanol–water partition coefficient (Wildman–Crippen LogP) is -0.128. The fourth-order valence-electron chi connectivity index (χ4n) is 1.25. The lowest BCUT2D eigenvalue weighted by atomic mass is 10.5. The number of nitrogens with zero attached hydrogens (tertiary/aromatic N) is 2. The number of fused-ring (bicyclic) bond motifs is 1. The van der Waals surface area contributed by atoms with Crippen molar-refractivity contribution < 1.29 is 4.74 Å². The summed E-state index contributed by atoms with van der Waals surface area (Å²) in [4.78, 5) is 4.28. The Balaban J connectivity index is 2.32. The van der Waals surface area contributed by atoms with Crippen molar-refractivity contribution >= 4 is 0 Å². The first kappa shape index (κ1) is 6.82. The second kappa shape index (κ2) is 2.64. The van der Waals surface area contributed by atoms with E-state index >= 15 is 0 Å². The lowest BCUT2D eigenvalue weighted by molar-refractivity contribution is 0.0816. The highest BCUT2D eigenvalue weighted by atomic mass is 16.5. The molecule has 0 saturated carbocycles. The first-order chi connectivity index (χ1) is 5.40. The monoisotopic (exact) mass is 153 g/mol. The number of hydrogen-bond donors (Lipinski definition) is 1. The van der Waals surface area contributed by atoms with Crippen LogP contribution in [0.5, 0.6) is 0 Å². The Bertz CT molecular complexity index is 233. The summed E-state index contributed by atoms with van der Waals surface area (Å²) < 4.78 is 7.33. The van der Waals surface area contributed by atoms with E-state index in [0.717, 1.165) is 24.7 Å². The van der Waals surface area contributed by atoms with Crippen LogP contribution in [0, 0.1) is 0 Å². The van der Waals surface area contributed by atoms with Crippen LogP contribution in [-0.2, 0) is 24.4 Å². The van der Waals surface area contributed by atoms with Crippen LogP contribution >= 0.6 is 0 Å². The van der Waals surface area contributed by atoms with Crippen molar-refractivity contribution in [1.29, 1.82) is 0 Å². The van der Waals surface area contributed by atoms with Gasteiger partial charge >= 0.3 is 0 Å². The van der Waals surface area contributed by atoms with Crippen LogP contribution in [-0.4, -0.2) is 16.2 Å². The van der Waals surface area contributed by atoms with E-state index in [1.165, 1.54) is 0 Å². The van der Waals surface area contributed by atoms with Crippen molar-refractivity contribution in [3.05, 3.63) is 17.7 Å². The van der Waals surface area contributed by atoms with Crippen molar-refractivity contribution in [2.45, 2.75) is 19.7 Å². The van der Waals surface area contributed by atoms with Gasteiger partial charge in [-0.25, -0.2) is 4.98 Å². The molecular weight excluding hydrogens is 142 g/mol. The van der Waals surface area contributed by atoms with Gasteiger partial charge in [-0.3, -0.25) is 0 Å². The molecule has 60 valence electrons. The van der Waals surface area contributed by atoms with Crippen LogP contribution in [0.15, 0.2) is 6.20 Å². The zero-order chi connectivity index (χ0) is 7.68. The average molecular weight is 153 g/mol. The van der Waals surface area contributed by atoms with E-state index < -0.39 is 0 Å². The number of ether oxygens (including phenoxy) is 1. The molecular formula is C7H11N3O. The molecule has 1 aliphatic rings. The first-order valence-corrected chi connectivity index (χ1v) is 3.73. The molecule has 1 aliphatic heterocycles. The Kier molecular flexibility index (Phi) is 1.63. The molecule has 0 aliphatic carbocycles. The highest BCUT2D eigenvalue weighted by Gasteiger charge is 2.10. The summed E-state index contributed by atoms with van der Waals surface area (Å²) in [6.07, 6.45) is 2.00. The number of hydrogen-bond acceptors (Lipinski definition) is 3. The van der Waals surface area contributed by atoms with Crippen LogP contribution < -0.4 is 5.73 Å². The zero-order valence-corrected chi connectivity index (χ0v) is 6.29. The minimum absolute atomic E-state index is 0.514. The minimum Gasteiger partial charge on any atom is -0.372 e. The van der Waals surface area contributed by atoms with Crippen LogP contribution in [0.3, 0.4) is 0 Å². The van der Waals surface area contributed by atoms with Crippen LogP contribution in [0.25, 0.3) is 0 Å². The largest absolute Gasteiger partial charge is 0.372 e. The van der Waals surface area contributed by atoms with Crippen LogP contribution in [0.4, 0.5) is 0 Å². The van der Waals surface area contributed by atoms with Crippen molar-refractivity contribution in [2.24, 2.45) is 5.73 Å². The Hall–Kier alpha value is -0.870. The van der Waals surface area contributed by atoms with Gasteiger partial charge in [0.1, 0.15) is 12.4 Å². The molecule has 0 unspecified atom stereocenters. The summed E-state index contributed by atoms with van der Waals surface area (Å²) in [5.74, 6) is 0.997. The number of nitrogens with two attached hydrogens (primary N) is 1. The number of aromatic nitrogens is 2. The first-order valence-electron chi connectivity index (χ1n) is 3.73. The standard InChI is InChI=1S/C7H11N3O/c8-3-6-4-10-1-2-11-5-7(10)9-6/h4H,1-3,5,8H2. The maximum Gasteiger partial charge on any atom is 0.135 e. The van der Waals surface area contributed by atoms with E-state index in [9.17, 15) is 0 Å². The third-order valence-electron chi connectivity index (χ3n) is 1.83. The molecule has 1 aromatic heterocycles. The van der Waals surface area contributed by atoms with Crippen molar-refractivity contribution in [3.8, 4) is 0 Å². The number of rotatable bonds is 1. The van der Waals surface area contributed by atoms with E-state index in [-0.39, 0.29) is 0 Å². The van der Waals surface area contributed by atoms with E-state index in [0.29, 0.717) is 13.2 Å². The molecule has 0 spiro atoms. The van der Waals surface area contributed by atoms with Gasteiger partial charge in [0.15, 0.2) is 0 Å². The Morgan fingerprint density at radius 3 is 3.36 bits per heavy atom. The summed E-state index contributed by atoms with van der Waals surface area (Å²) in [6, 6.07) is 0. The summed E-state index contributed by atoms with van der Waals surface area (Å²) in [5.41, 5.74) is 6.39. The molecule has 2 heterocycles. The molecule has 4 nitrogen and oxygen atoms in total. The summed E-state index contributed by atoms with van der Waals surface area (Å²) in [7, 11) is 0. The van der Waals surface area contributed by atoms with Gasteiger partial charge in [-0.05, 0) is 0 Å². The molecule has 0 fully saturated rings. The average Bonchev–Trinajstić information content (AvgIpc) is 2.46. The summed E-state index contributed by atoms with van der Waals surface area (Å²) in [6.45, 7) is 2.83.